The number of amides is 1. The van der Waals surface area contributed by atoms with Gasteiger partial charge in [0.25, 0.3) is 0 Å². The number of phenols is 1. The fourth-order valence-electron chi connectivity index (χ4n) is 3.93. The summed E-state index contributed by atoms with van der Waals surface area (Å²) in [6.45, 7) is 10.4. The van der Waals surface area contributed by atoms with Crippen LogP contribution >= 0.6 is 0 Å². The molecule has 1 aliphatic rings. The van der Waals surface area contributed by atoms with E-state index >= 15 is 0 Å². The standard InChI is InChI=1S/C27H32F3NO2/c1-18(11-13-22-20(3)10-7-15-26(22,4)5)8-6-9-19(2)16-25(33)31-24-14-12-21(32)17-23(24)27(28,29)30/h6,8-9,11-14,16-17,32H,7,10,15H2,1-5H3,(H,31,33)/b9-6+,13-11+,18-8+,19-16+. The molecular formula is C27H32F3NO2. The Labute approximate surface area is 194 Å². The maximum absolute atomic E-state index is 13.1. The normalized spacial score (nSPS) is 17.8. The summed E-state index contributed by atoms with van der Waals surface area (Å²) in [5.74, 6) is -1.21. The molecule has 0 radical (unpaired) electrons. The third-order valence-electron chi connectivity index (χ3n) is 5.70. The van der Waals surface area contributed by atoms with E-state index in [0.717, 1.165) is 24.1 Å². The molecule has 1 aromatic carbocycles. The van der Waals surface area contributed by atoms with Gasteiger partial charge < -0.3 is 10.4 Å². The second kappa shape index (κ2) is 10.7. The Balaban J connectivity index is 2.05. The molecule has 0 unspecified atom stereocenters. The molecule has 1 aromatic rings. The number of carbonyl (C=O) groups excluding carboxylic acids is 1. The minimum Gasteiger partial charge on any atom is -0.508 e. The van der Waals surface area contributed by atoms with Crippen molar-refractivity contribution < 1.29 is 23.1 Å². The number of nitrogens with one attached hydrogen (secondary N) is 1. The van der Waals surface area contributed by atoms with Gasteiger partial charge in [-0.1, -0.05) is 55.4 Å². The molecule has 6 heteroatoms. The molecule has 0 atom stereocenters. The largest absolute Gasteiger partial charge is 0.508 e. The maximum Gasteiger partial charge on any atom is 0.418 e. The van der Waals surface area contributed by atoms with Crippen molar-refractivity contribution in [3.05, 3.63) is 82.5 Å². The van der Waals surface area contributed by atoms with Crippen LogP contribution in [0.15, 0.2) is 76.9 Å². The Bertz CT molecular complexity index is 1040. The highest BCUT2D eigenvalue weighted by molar-refractivity contribution is 6.00. The third kappa shape index (κ3) is 7.81. The fraction of sp³-hybridized carbons (Fsp3) is 0.370. The quantitative estimate of drug-likeness (QED) is 0.258. The van der Waals surface area contributed by atoms with Crippen molar-refractivity contribution >= 4 is 11.6 Å². The molecule has 3 nitrogen and oxygen atoms in total. The number of hydrogen-bond acceptors (Lipinski definition) is 2. The van der Waals surface area contributed by atoms with Gasteiger partial charge in [-0.15, -0.1) is 0 Å². The Morgan fingerprint density at radius 1 is 1.15 bits per heavy atom. The first kappa shape index (κ1) is 26.2. The summed E-state index contributed by atoms with van der Waals surface area (Å²) in [4.78, 5) is 12.2. The van der Waals surface area contributed by atoms with Crippen molar-refractivity contribution in [1.82, 2.24) is 0 Å². The summed E-state index contributed by atoms with van der Waals surface area (Å²) < 4.78 is 39.4. The molecule has 0 saturated carbocycles. The average Bonchev–Trinajstić information content (AvgIpc) is 2.67. The number of halogens is 3. The monoisotopic (exact) mass is 459 g/mol. The first-order chi connectivity index (χ1) is 15.3. The lowest BCUT2D eigenvalue weighted by molar-refractivity contribution is -0.137. The topological polar surface area (TPSA) is 49.3 Å². The number of phenolic OH excluding ortho intramolecular Hbond substituents is 1. The smallest absolute Gasteiger partial charge is 0.418 e. The van der Waals surface area contributed by atoms with Gasteiger partial charge in [0.15, 0.2) is 0 Å². The van der Waals surface area contributed by atoms with E-state index in [9.17, 15) is 23.1 Å². The van der Waals surface area contributed by atoms with E-state index < -0.39 is 29.1 Å². The number of benzene rings is 1. The van der Waals surface area contributed by atoms with E-state index in [2.05, 4.69) is 38.2 Å². The molecule has 2 N–H and O–H groups in total. The lowest BCUT2D eigenvalue weighted by atomic mass is 9.72. The minimum atomic E-state index is -4.70. The lowest BCUT2D eigenvalue weighted by Gasteiger charge is -2.32. The van der Waals surface area contributed by atoms with Crippen LogP contribution in [0.25, 0.3) is 0 Å². The Hall–Kier alpha value is -3.02. The summed E-state index contributed by atoms with van der Waals surface area (Å²) in [5.41, 5.74) is 3.10. The molecule has 1 aliphatic carbocycles. The van der Waals surface area contributed by atoms with Crippen molar-refractivity contribution in [3.8, 4) is 5.75 Å². The molecule has 33 heavy (non-hydrogen) atoms. The molecule has 0 spiro atoms. The Morgan fingerprint density at radius 3 is 2.48 bits per heavy atom. The highest BCUT2D eigenvalue weighted by atomic mass is 19.4. The van der Waals surface area contributed by atoms with Crippen LogP contribution in [0.3, 0.4) is 0 Å². The molecule has 0 saturated heterocycles. The van der Waals surface area contributed by atoms with E-state index in [1.54, 1.807) is 19.1 Å². The average molecular weight is 460 g/mol. The highest BCUT2D eigenvalue weighted by Crippen LogP contribution is 2.41. The maximum atomic E-state index is 13.1. The van der Waals surface area contributed by atoms with Crippen LogP contribution in [0.5, 0.6) is 5.75 Å². The number of anilines is 1. The zero-order valence-corrected chi connectivity index (χ0v) is 19.8. The van der Waals surface area contributed by atoms with Gasteiger partial charge in [0.1, 0.15) is 5.75 Å². The highest BCUT2D eigenvalue weighted by Gasteiger charge is 2.34. The predicted molar refractivity (Wildman–Crippen MR) is 128 cm³/mol. The van der Waals surface area contributed by atoms with E-state index in [-0.39, 0.29) is 5.41 Å². The van der Waals surface area contributed by atoms with Crippen LogP contribution < -0.4 is 5.32 Å². The second-order valence-corrected chi connectivity index (χ2v) is 9.14. The summed E-state index contributed by atoms with van der Waals surface area (Å²) >= 11 is 0. The molecule has 0 aliphatic heterocycles. The summed E-state index contributed by atoms with van der Waals surface area (Å²) in [5, 5.41) is 11.6. The van der Waals surface area contributed by atoms with Crippen molar-refractivity contribution in [2.45, 2.75) is 60.1 Å². The molecule has 0 bridgehead atoms. The zero-order valence-electron chi connectivity index (χ0n) is 19.8. The first-order valence-corrected chi connectivity index (χ1v) is 10.9. The predicted octanol–water partition coefficient (Wildman–Crippen LogP) is 7.88. The van der Waals surface area contributed by atoms with Crippen LogP contribution in [-0.4, -0.2) is 11.0 Å². The molecule has 0 aromatic heterocycles. The van der Waals surface area contributed by atoms with Crippen LogP contribution in [0.2, 0.25) is 0 Å². The van der Waals surface area contributed by atoms with E-state index in [4.69, 9.17) is 0 Å². The zero-order chi connectivity index (χ0) is 24.8. The van der Waals surface area contributed by atoms with Crippen LogP contribution in [-0.2, 0) is 11.0 Å². The summed E-state index contributed by atoms with van der Waals surface area (Å²) in [6, 6.07) is 2.70. The number of carbonyl (C=O) groups is 1. The SMILES string of the molecule is CC1=C(/C=C/C(C)=C/C=C/C(C)=C/C(=O)Nc2ccc(O)cc2C(F)(F)F)C(C)(C)CCC1. The van der Waals surface area contributed by atoms with Crippen LogP contribution in [0.1, 0.15) is 59.4 Å². The van der Waals surface area contributed by atoms with E-state index in [0.29, 0.717) is 11.6 Å². The Morgan fingerprint density at radius 2 is 1.85 bits per heavy atom. The Kier molecular flexibility index (Phi) is 8.53. The fourth-order valence-corrected chi connectivity index (χ4v) is 3.93. The molecule has 1 amide bonds. The van der Waals surface area contributed by atoms with Gasteiger partial charge in [0, 0.05) is 6.08 Å². The number of rotatable bonds is 6. The van der Waals surface area contributed by atoms with Crippen LogP contribution in [0, 0.1) is 5.41 Å². The number of aromatic hydroxyl groups is 1. The number of alkyl halides is 3. The summed E-state index contributed by atoms with van der Waals surface area (Å²) in [6.07, 6.45) is 9.74. The van der Waals surface area contributed by atoms with Gasteiger partial charge in [-0.05, 0) is 74.8 Å². The van der Waals surface area contributed by atoms with Crippen molar-refractivity contribution in [3.63, 3.8) is 0 Å². The number of allylic oxidation sites excluding steroid dienone is 9. The van der Waals surface area contributed by atoms with Gasteiger partial charge in [0.05, 0.1) is 11.3 Å². The third-order valence-corrected chi connectivity index (χ3v) is 5.70. The minimum absolute atomic E-state index is 0.172. The lowest BCUT2D eigenvalue weighted by Crippen LogP contribution is -2.19. The summed E-state index contributed by atoms with van der Waals surface area (Å²) in [7, 11) is 0. The molecular weight excluding hydrogens is 427 g/mol. The molecule has 0 heterocycles. The molecule has 0 fully saturated rings. The van der Waals surface area contributed by atoms with Gasteiger partial charge >= 0.3 is 6.18 Å². The van der Waals surface area contributed by atoms with Crippen molar-refractivity contribution in [1.29, 1.82) is 0 Å². The van der Waals surface area contributed by atoms with Crippen molar-refractivity contribution in [2.24, 2.45) is 5.41 Å². The van der Waals surface area contributed by atoms with Gasteiger partial charge in [-0.25, -0.2) is 0 Å². The van der Waals surface area contributed by atoms with Gasteiger partial charge in [0.2, 0.25) is 5.91 Å². The number of hydrogen-bond donors (Lipinski definition) is 2. The second-order valence-electron chi connectivity index (χ2n) is 9.14. The molecule has 2 rings (SSSR count). The molecule has 178 valence electrons. The van der Waals surface area contributed by atoms with Crippen molar-refractivity contribution in [2.75, 3.05) is 5.32 Å². The van der Waals surface area contributed by atoms with Crippen LogP contribution in [0.4, 0.5) is 18.9 Å². The van der Waals surface area contributed by atoms with Gasteiger partial charge in [-0.2, -0.15) is 13.2 Å². The van der Waals surface area contributed by atoms with Gasteiger partial charge in [-0.3, -0.25) is 4.79 Å². The first-order valence-electron chi connectivity index (χ1n) is 10.9. The van der Waals surface area contributed by atoms with E-state index in [1.807, 2.05) is 13.0 Å². The van der Waals surface area contributed by atoms with E-state index in [1.165, 1.54) is 30.1 Å².